The number of anilines is 1. The van der Waals surface area contributed by atoms with Crippen molar-refractivity contribution in [2.75, 3.05) is 11.5 Å². The Morgan fingerprint density at radius 2 is 1.85 bits per heavy atom. The van der Waals surface area contributed by atoms with Crippen LogP contribution in [0.3, 0.4) is 0 Å². The summed E-state index contributed by atoms with van der Waals surface area (Å²) in [6.07, 6.45) is 3.19. The third kappa shape index (κ3) is 4.41. The van der Waals surface area contributed by atoms with E-state index in [9.17, 15) is 14.7 Å². The van der Waals surface area contributed by atoms with Crippen molar-refractivity contribution in [3.8, 4) is 5.75 Å². The van der Waals surface area contributed by atoms with Crippen molar-refractivity contribution >= 4 is 34.7 Å². The van der Waals surface area contributed by atoms with Gasteiger partial charge in [0.1, 0.15) is 11.5 Å². The maximum absolute atomic E-state index is 13.2. The Morgan fingerprint density at radius 3 is 2.50 bits per heavy atom. The van der Waals surface area contributed by atoms with Crippen molar-refractivity contribution in [1.82, 2.24) is 4.98 Å². The zero-order chi connectivity index (χ0) is 24.4. The number of nitrogens with zero attached hydrogens (tertiary/aromatic N) is 2. The smallest absolute Gasteiger partial charge is 0.300 e. The summed E-state index contributed by atoms with van der Waals surface area (Å²) in [6.45, 7) is 6.46. The number of amides is 1. The SMILES string of the molecule is Cc1c(Cl)cccc1N1C(=O)C(=O)/C(=C(/O)c2ccc(OCC(C)C)cc2)C1c1cccnc1. The fourth-order valence-corrected chi connectivity index (χ4v) is 4.09. The molecule has 1 aromatic heterocycles. The second-order valence-electron chi connectivity index (χ2n) is 8.57. The molecular formula is C27H25ClN2O4. The number of halogens is 1. The monoisotopic (exact) mass is 476 g/mol. The van der Waals surface area contributed by atoms with Crippen LogP contribution in [-0.2, 0) is 9.59 Å². The molecule has 2 heterocycles. The molecule has 3 aromatic rings. The number of carbonyl (C=O) groups excluding carboxylic acids is 2. The van der Waals surface area contributed by atoms with Crippen molar-refractivity contribution < 1.29 is 19.4 Å². The quantitative estimate of drug-likeness (QED) is 0.280. The van der Waals surface area contributed by atoms with Crippen LogP contribution >= 0.6 is 11.6 Å². The van der Waals surface area contributed by atoms with Crippen LogP contribution in [0.5, 0.6) is 5.75 Å². The fraction of sp³-hybridized carbons (Fsp3) is 0.222. The molecule has 34 heavy (non-hydrogen) atoms. The molecule has 1 aliphatic heterocycles. The summed E-state index contributed by atoms with van der Waals surface area (Å²) in [6, 6.07) is 14.6. The Labute approximate surface area is 203 Å². The second kappa shape index (κ2) is 9.69. The number of aromatic nitrogens is 1. The molecule has 7 heteroatoms. The number of aliphatic hydroxyl groups is 1. The van der Waals surface area contributed by atoms with E-state index in [1.807, 2.05) is 0 Å². The third-order valence-corrected chi connectivity index (χ3v) is 6.06. The molecule has 0 bridgehead atoms. The van der Waals surface area contributed by atoms with E-state index >= 15 is 0 Å². The molecular weight excluding hydrogens is 452 g/mol. The molecule has 0 spiro atoms. The predicted molar refractivity (Wildman–Crippen MR) is 132 cm³/mol. The van der Waals surface area contributed by atoms with Crippen LogP contribution in [0.15, 0.2) is 72.6 Å². The molecule has 1 amide bonds. The number of carbonyl (C=O) groups is 2. The number of rotatable bonds is 6. The Hall–Kier alpha value is -3.64. The molecule has 0 aliphatic carbocycles. The van der Waals surface area contributed by atoms with E-state index in [4.69, 9.17) is 16.3 Å². The van der Waals surface area contributed by atoms with Crippen molar-refractivity contribution in [3.63, 3.8) is 0 Å². The van der Waals surface area contributed by atoms with Gasteiger partial charge in [0.05, 0.1) is 18.2 Å². The number of ether oxygens (including phenoxy) is 1. The van der Waals surface area contributed by atoms with Gasteiger partial charge in [0.2, 0.25) is 0 Å². The minimum Gasteiger partial charge on any atom is -0.507 e. The predicted octanol–water partition coefficient (Wildman–Crippen LogP) is 5.70. The summed E-state index contributed by atoms with van der Waals surface area (Å²) >= 11 is 6.32. The summed E-state index contributed by atoms with van der Waals surface area (Å²) in [4.78, 5) is 32.0. The van der Waals surface area contributed by atoms with E-state index in [1.54, 1.807) is 73.9 Å². The number of Topliss-reactive ketones (excluding diaryl/α,β-unsaturated/α-hetero) is 1. The van der Waals surface area contributed by atoms with Crippen LogP contribution in [0.25, 0.3) is 5.76 Å². The zero-order valence-corrected chi connectivity index (χ0v) is 19.9. The lowest BCUT2D eigenvalue weighted by Crippen LogP contribution is -2.30. The normalized spacial score (nSPS) is 17.4. The van der Waals surface area contributed by atoms with Crippen molar-refractivity contribution in [3.05, 3.63) is 94.3 Å². The average Bonchev–Trinajstić information content (AvgIpc) is 3.10. The third-order valence-electron chi connectivity index (χ3n) is 5.65. The number of aliphatic hydroxyl groups excluding tert-OH is 1. The van der Waals surface area contributed by atoms with Gasteiger partial charge >= 0.3 is 0 Å². The van der Waals surface area contributed by atoms with Gasteiger partial charge in [0, 0.05) is 28.7 Å². The van der Waals surface area contributed by atoms with E-state index in [0.29, 0.717) is 45.7 Å². The first-order chi connectivity index (χ1) is 16.3. The molecule has 1 saturated heterocycles. The van der Waals surface area contributed by atoms with Gasteiger partial charge in [0.25, 0.3) is 11.7 Å². The largest absolute Gasteiger partial charge is 0.507 e. The van der Waals surface area contributed by atoms with Crippen LogP contribution < -0.4 is 9.64 Å². The maximum atomic E-state index is 13.2. The van der Waals surface area contributed by atoms with Gasteiger partial charge in [-0.15, -0.1) is 0 Å². The van der Waals surface area contributed by atoms with Crippen LogP contribution in [0.1, 0.15) is 36.6 Å². The second-order valence-corrected chi connectivity index (χ2v) is 8.98. The van der Waals surface area contributed by atoms with Crippen molar-refractivity contribution in [2.24, 2.45) is 5.92 Å². The average molecular weight is 477 g/mol. The first kappa shape index (κ1) is 23.5. The van der Waals surface area contributed by atoms with Gasteiger partial charge < -0.3 is 9.84 Å². The topological polar surface area (TPSA) is 79.7 Å². The van der Waals surface area contributed by atoms with Gasteiger partial charge in [-0.3, -0.25) is 19.5 Å². The summed E-state index contributed by atoms with van der Waals surface area (Å²) < 4.78 is 5.71. The summed E-state index contributed by atoms with van der Waals surface area (Å²) in [5.41, 5.74) is 2.16. The van der Waals surface area contributed by atoms with E-state index < -0.39 is 17.7 Å². The number of pyridine rings is 1. The molecule has 0 saturated carbocycles. The highest BCUT2D eigenvalue weighted by Gasteiger charge is 2.47. The van der Waals surface area contributed by atoms with E-state index in [1.165, 1.54) is 4.90 Å². The highest BCUT2D eigenvalue weighted by molar-refractivity contribution is 6.52. The maximum Gasteiger partial charge on any atom is 0.300 e. The van der Waals surface area contributed by atoms with Crippen molar-refractivity contribution in [1.29, 1.82) is 0 Å². The molecule has 2 aromatic carbocycles. The molecule has 1 atom stereocenters. The molecule has 174 valence electrons. The minimum absolute atomic E-state index is 0.00627. The van der Waals surface area contributed by atoms with Gasteiger partial charge in [-0.2, -0.15) is 0 Å². The lowest BCUT2D eigenvalue weighted by molar-refractivity contribution is -0.132. The first-order valence-electron chi connectivity index (χ1n) is 11.0. The lowest BCUT2D eigenvalue weighted by atomic mass is 9.96. The molecule has 1 fully saturated rings. The van der Waals surface area contributed by atoms with E-state index in [2.05, 4.69) is 18.8 Å². The molecule has 1 aliphatic rings. The van der Waals surface area contributed by atoms with Gasteiger partial charge in [-0.1, -0.05) is 37.6 Å². The van der Waals surface area contributed by atoms with Gasteiger partial charge in [-0.25, -0.2) is 0 Å². The van der Waals surface area contributed by atoms with Crippen LogP contribution in [-0.4, -0.2) is 28.4 Å². The van der Waals surface area contributed by atoms with Crippen LogP contribution in [0.4, 0.5) is 5.69 Å². The summed E-state index contributed by atoms with van der Waals surface area (Å²) in [5.74, 6) is -0.740. The number of hydrogen-bond donors (Lipinski definition) is 1. The van der Waals surface area contributed by atoms with Crippen LogP contribution in [0.2, 0.25) is 5.02 Å². The Morgan fingerprint density at radius 1 is 1.12 bits per heavy atom. The number of benzene rings is 2. The fourth-order valence-electron chi connectivity index (χ4n) is 3.92. The Balaban J connectivity index is 1.83. The van der Waals surface area contributed by atoms with Gasteiger partial charge in [-0.05, 0) is 66.4 Å². The highest BCUT2D eigenvalue weighted by Crippen LogP contribution is 2.43. The van der Waals surface area contributed by atoms with Crippen LogP contribution in [0, 0.1) is 12.8 Å². The molecule has 1 unspecified atom stereocenters. The molecule has 1 N–H and O–H groups in total. The number of hydrogen-bond acceptors (Lipinski definition) is 5. The minimum atomic E-state index is -0.859. The van der Waals surface area contributed by atoms with Gasteiger partial charge in [0.15, 0.2) is 0 Å². The van der Waals surface area contributed by atoms with Crippen molar-refractivity contribution in [2.45, 2.75) is 26.8 Å². The lowest BCUT2D eigenvalue weighted by Gasteiger charge is -2.26. The molecule has 6 nitrogen and oxygen atoms in total. The Kier molecular flexibility index (Phi) is 6.70. The first-order valence-corrected chi connectivity index (χ1v) is 11.4. The molecule has 0 radical (unpaired) electrons. The van der Waals surface area contributed by atoms with E-state index in [0.717, 1.165) is 0 Å². The number of ketones is 1. The Bertz CT molecular complexity index is 1250. The zero-order valence-electron chi connectivity index (χ0n) is 19.2. The summed E-state index contributed by atoms with van der Waals surface area (Å²) in [7, 11) is 0. The summed E-state index contributed by atoms with van der Waals surface area (Å²) in [5, 5.41) is 11.7. The standard InChI is InChI=1S/C27H25ClN2O4/c1-16(2)15-34-20-11-9-18(10-12-20)25(31)23-24(19-6-5-13-29-14-19)30(27(33)26(23)32)22-8-4-7-21(28)17(22)3/h4-14,16,24,31H,15H2,1-3H3/b25-23+. The highest BCUT2D eigenvalue weighted by atomic mass is 35.5. The molecule has 4 rings (SSSR count). The van der Waals surface area contributed by atoms with E-state index in [-0.39, 0.29) is 11.3 Å².